The number of hydrogen-bond donors (Lipinski definition) is 2. The SMILES string of the molecule is Cc1ccc(Cl)cc1NC(=O)C[C@H]1SC(=S)NC1=O. The number of rotatable bonds is 3. The van der Waals surface area contributed by atoms with Crippen LogP contribution in [0.25, 0.3) is 0 Å². The van der Waals surface area contributed by atoms with E-state index in [1.54, 1.807) is 12.1 Å². The Kier molecular flexibility index (Phi) is 4.44. The maximum absolute atomic E-state index is 11.9. The molecule has 19 heavy (non-hydrogen) atoms. The maximum Gasteiger partial charge on any atom is 0.239 e. The average molecular weight is 315 g/mol. The van der Waals surface area contributed by atoms with E-state index in [1.807, 2.05) is 13.0 Å². The molecular formula is C12H11ClN2O2S2. The Bertz CT molecular complexity index is 563. The summed E-state index contributed by atoms with van der Waals surface area (Å²) < 4.78 is 0.418. The minimum absolute atomic E-state index is 0.0859. The fourth-order valence-corrected chi connectivity index (χ4v) is 3.07. The third-order valence-electron chi connectivity index (χ3n) is 2.61. The summed E-state index contributed by atoms with van der Waals surface area (Å²) in [6.07, 6.45) is 0.0859. The quantitative estimate of drug-likeness (QED) is 0.842. The number of nitrogens with one attached hydrogen (secondary N) is 2. The van der Waals surface area contributed by atoms with E-state index in [9.17, 15) is 9.59 Å². The molecule has 0 saturated carbocycles. The van der Waals surface area contributed by atoms with E-state index < -0.39 is 5.25 Å². The van der Waals surface area contributed by atoms with Gasteiger partial charge < -0.3 is 10.6 Å². The highest BCUT2D eigenvalue weighted by Gasteiger charge is 2.30. The first-order chi connectivity index (χ1) is 8.95. The Morgan fingerprint density at radius 3 is 2.95 bits per heavy atom. The first-order valence-corrected chi connectivity index (χ1v) is 7.20. The monoisotopic (exact) mass is 314 g/mol. The molecule has 100 valence electrons. The van der Waals surface area contributed by atoms with Crippen molar-refractivity contribution in [3.63, 3.8) is 0 Å². The molecule has 0 aliphatic carbocycles. The van der Waals surface area contributed by atoms with Crippen molar-refractivity contribution in [2.24, 2.45) is 0 Å². The average Bonchev–Trinajstić information content (AvgIpc) is 2.62. The lowest BCUT2D eigenvalue weighted by molar-refractivity contribution is -0.122. The first kappa shape index (κ1) is 14.3. The Labute approximate surface area is 125 Å². The number of thiocarbonyl (C=S) groups is 1. The Hall–Kier alpha value is -1.11. The number of hydrogen-bond acceptors (Lipinski definition) is 4. The van der Waals surface area contributed by atoms with E-state index >= 15 is 0 Å². The van der Waals surface area contributed by atoms with Crippen molar-refractivity contribution in [3.05, 3.63) is 28.8 Å². The molecule has 1 atom stereocenters. The van der Waals surface area contributed by atoms with Crippen LogP contribution in [0.15, 0.2) is 18.2 Å². The Morgan fingerprint density at radius 2 is 2.32 bits per heavy atom. The summed E-state index contributed by atoms with van der Waals surface area (Å²) in [5.74, 6) is -0.448. The van der Waals surface area contributed by atoms with Gasteiger partial charge in [-0.25, -0.2) is 0 Å². The Balaban J connectivity index is 2.00. The van der Waals surface area contributed by atoms with E-state index in [2.05, 4.69) is 10.6 Å². The number of aryl methyl sites for hydroxylation is 1. The van der Waals surface area contributed by atoms with Crippen LogP contribution in [0.3, 0.4) is 0 Å². The van der Waals surface area contributed by atoms with E-state index in [-0.39, 0.29) is 18.2 Å². The van der Waals surface area contributed by atoms with Crippen molar-refractivity contribution in [3.8, 4) is 0 Å². The summed E-state index contributed by atoms with van der Waals surface area (Å²) in [6.45, 7) is 1.87. The maximum atomic E-state index is 11.9. The van der Waals surface area contributed by atoms with Crippen LogP contribution in [0.2, 0.25) is 5.02 Å². The van der Waals surface area contributed by atoms with Gasteiger partial charge in [0.1, 0.15) is 4.32 Å². The number of halogens is 1. The summed E-state index contributed by atoms with van der Waals surface area (Å²) in [5.41, 5.74) is 1.57. The number of benzene rings is 1. The smallest absolute Gasteiger partial charge is 0.239 e. The van der Waals surface area contributed by atoms with Crippen molar-refractivity contribution in [2.75, 3.05) is 5.32 Å². The molecule has 1 aromatic rings. The highest BCUT2D eigenvalue weighted by molar-refractivity contribution is 8.24. The molecule has 1 heterocycles. The number of thioether (sulfide) groups is 1. The Morgan fingerprint density at radius 1 is 1.58 bits per heavy atom. The molecule has 4 nitrogen and oxygen atoms in total. The molecule has 0 aromatic heterocycles. The van der Waals surface area contributed by atoms with Crippen LogP contribution in [0.5, 0.6) is 0 Å². The molecule has 1 aliphatic heterocycles. The fraction of sp³-hybridized carbons (Fsp3) is 0.250. The van der Waals surface area contributed by atoms with Gasteiger partial charge in [-0.15, -0.1) is 0 Å². The van der Waals surface area contributed by atoms with Gasteiger partial charge >= 0.3 is 0 Å². The van der Waals surface area contributed by atoms with E-state index in [4.69, 9.17) is 23.8 Å². The molecule has 0 unspecified atom stereocenters. The minimum Gasteiger partial charge on any atom is -0.326 e. The van der Waals surface area contributed by atoms with E-state index in [1.165, 1.54) is 11.8 Å². The van der Waals surface area contributed by atoms with Crippen LogP contribution >= 0.6 is 35.6 Å². The van der Waals surface area contributed by atoms with Crippen LogP contribution in [-0.2, 0) is 9.59 Å². The molecule has 2 rings (SSSR count). The molecule has 2 amide bonds. The van der Waals surface area contributed by atoms with E-state index in [0.717, 1.165) is 5.56 Å². The molecule has 0 spiro atoms. The molecule has 0 radical (unpaired) electrons. The lowest BCUT2D eigenvalue weighted by Gasteiger charge is -2.10. The zero-order valence-electron chi connectivity index (χ0n) is 10.0. The third-order valence-corrected chi connectivity index (χ3v) is 4.22. The van der Waals surface area contributed by atoms with Gasteiger partial charge in [-0.2, -0.15) is 0 Å². The highest BCUT2D eigenvalue weighted by Crippen LogP contribution is 2.24. The second-order valence-corrected chi connectivity index (χ2v) is 6.41. The standard InChI is InChI=1S/C12H11ClN2O2S2/c1-6-2-3-7(13)4-8(6)14-10(16)5-9-11(17)15-12(18)19-9/h2-4,9H,5H2,1H3,(H,14,16)(H,15,17,18)/t9-/m1/s1. The van der Waals surface area contributed by atoms with Gasteiger partial charge in [0.15, 0.2) is 0 Å². The molecule has 1 aromatic carbocycles. The number of anilines is 1. The first-order valence-electron chi connectivity index (χ1n) is 5.53. The van der Waals surface area contributed by atoms with Crippen molar-refractivity contribution in [1.29, 1.82) is 0 Å². The van der Waals surface area contributed by atoms with Gasteiger partial charge in [0.25, 0.3) is 0 Å². The summed E-state index contributed by atoms with van der Waals surface area (Å²) in [7, 11) is 0. The summed E-state index contributed by atoms with van der Waals surface area (Å²) in [5, 5.41) is 5.36. The normalized spacial score (nSPS) is 18.3. The fourth-order valence-electron chi connectivity index (χ4n) is 1.63. The van der Waals surface area contributed by atoms with Gasteiger partial charge in [0, 0.05) is 17.1 Å². The van der Waals surface area contributed by atoms with Gasteiger partial charge in [-0.3, -0.25) is 9.59 Å². The zero-order chi connectivity index (χ0) is 14.0. The molecule has 1 fully saturated rings. The van der Waals surface area contributed by atoms with E-state index in [0.29, 0.717) is 15.0 Å². The van der Waals surface area contributed by atoms with Crippen molar-refractivity contribution in [2.45, 2.75) is 18.6 Å². The third kappa shape index (κ3) is 3.68. The summed E-state index contributed by atoms with van der Waals surface area (Å²) >= 11 is 12.0. The largest absolute Gasteiger partial charge is 0.326 e. The lowest BCUT2D eigenvalue weighted by atomic mass is 10.2. The predicted octanol–water partition coefficient (Wildman–Crippen LogP) is 2.49. The highest BCUT2D eigenvalue weighted by atomic mass is 35.5. The van der Waals surface area contributed by atoms with Crippen LogP contribution in [0, 0.1) is 6.92 Å². The van der Waals surface area contributed by atoms with Crippen molar-refractivity contribution in [1.82, 2.24) is 5.32 Å². The molecule has 1 aliphatic rings. The molecule has 2 N–H and O–H groups in total. The van der Waals surface area contributed by atoms with Crippen LogP contribution < -0.4 is 10.6 Å². The van der Waals surface area contributed by atoms with Gasteiger partial charge in [0.05, 0.1) is 5.25 Å². The molecule has 1 saturated heterocycles. The van der Waals surface area contributed by atoms with Gasteiger partial charge in [-0.1, -0.05) is 41.6 Å². The minimum atomic E-state index is -0.452. The van der Waals surface area contributed by atoms with Gasteiger partial charge in [-0.05, 0) is 24.6 Å². The molecule has 7 heteroatoms. The second kappa shape index (κ2) is 5.90. The zero-order valence-corrected chi connectivity index (χ0v) is 12.4. The lowest BCUT2D eigenvalue weighted by Crippen LogP contribution is -2.27. The van der Waals surface area contributed by atoms with Crippen molar-refractivity contribution >= 4 is 57.4 Å². The second-order valence-electron chi connectivity index (χ2n) is 4.09. The predicted molar refractivity (Wildman–Crippen MR) is 81.6 cm³/mol. The topological polar surface area (TPSA) is 58.2 Å². The van der Waals surface area contributed by atoms with Crippen LogP contribution in [-0.4, -0.2) is 21.4 Å². The number of carbonyl (C=O) groups excluding carboxylic acids is 2. The molecule has 0 bridgehead atoms. The van der Waals surface area contributed by atoms with Crippen LogP contribution in [0.4, 0.5) is 5.69 Å². The summed E-state index contributed by atoms with van der Waals surface area (Å²) in [6, 6.07) is 5.26. The number of carbonyl (C=O) groups is 2. The van der Waals surface area contributed by atoms with Crippen molar-refractivity contribution < 1.29 is 9.59 Å². The molecular weight excluding hydrogens is 304 g/mol. The van der Waals surface area contributed by atoms with Gasteiger partial charge in [0.2, 0.25) is 11.8 Å². The summed E-state index contributed by atoms with van der Waals surface area (Å²) in [4.78, 5) is 23.4. The number of amides is 2. The van der Waals surface area contributed by atoms with Crippen LogP contribution in [0.1, 0.15) is 12.0 Å².